The molecule has 4 aromatic heterocycles. The maximum absolute atomic E-state index is 6.41. The molecule has 0 spiro atoms. The van der Waals surface area contributed by atoms with Crippen LogP contribution in [0.1, 0.15) is 0 Å². The third-order valence-electron chi connectivity index (χ3n) is 13.4. The van der Waals surface area contributed by atoms with E-state index >= 15 is 0 Å². The van der Waals surface area contributed by atoms with Crippen molar-refractivity contribution in [1.29, 1.82) is 0 Å². The number of rotatable bonds is 6. The summed E-state index contributed by atoms with van der Waals surface area (Å²) in [5.41, 5.74) is 13.4. The van der Waals surface area contributed by atoms with Crippen molar-refractivity contribution >= 4 is 76.3 Å². The summed E-state index contributed by atoms with van der Waals surface area (Å²) in [4.78, 5) is 16.1. The highest BCUT2D eigenvalue weighted by Crippen LogP contribution is 2.44. The lowest BCUT2D eigenvalue weighted by Gasteiger charge is -2.12. The maximum atomic E-state index is 6.41. The first-order valence-electron chi connectivity index (χ1n) is 22.6. The van der Waals surface area contributed by atoms with Gasteiger partial charge in [-0.25, -0.2) is 4.98 Å². The molecular formula is C61H37N5O. The molecule has 0 amide bonds. The molecule has 0 saturated carbocycles. The largest absolute Gasteiger partial charge is 0.456 e. The van der Waals surface area contributed by atoms with Gasteiger partial charge in [0, 0.05) is 54.5 Å². The topological polar surface area (TPSA) is 61.7 Å². The molecule has 0 radical (unpaired) electrons. The quantitative estimate of drug-likeness (QED) is 0.167. The molecule has 0 fully saturated rings. The molecule has 0 aliphatic carbocycles. The minimum atomic E-state index is 0.534. The molecule has 0 bridgehead atoms. The van der Waals surface area contributed by atoms with Gasteiger partial charge in [0.2, 0.25) is 5.95 Å². The Kier molecular flexibility index (Phi) is 8.18. The lowest BCUT2D eigenvalue weighted by Crippen LogP contribution is -2.06. The van der Waals surface area contributed by atoms with Crippen LogP contribution in [0.2, 0.25) is 0 Å². The Morgan fingerprint density at radius 1 is 0.313 bits per heavy atom. The minimum Gasteiger partial charge on any atom is -0.456 e. The van der Waals surface area contributed by atoms with Gasteiger partial charge in [-0.1, -0.05) is 176 Å². The summed E-state index contributed by atoms with van der Waals surface area (Å²) in [5, 5.41) is 9.00. The van der Waals surface area contributed by atoms with Gasteiger partial charge in [-0.2, -0.15) is 9.97 Å². The van der Waals surface area contributed by atoms with Crippen molar-refractivity contribution in [3.05, 3.63) is 224 Å². The van der Waals surface area contributed by atoms with E-state index in [-0.39, 0.29) is 0 Å². The number of hydrogen-bond acceptors (Lipinski definition) is 4. The maximum Gasteiger partial charge on any atom is 0.238 e. The Bertz CT molecular complexity index is 4260. The van der Waals surface area contributed by atoms with Gasteiger partial charge in [-0.15, -0.1) is 0 Å². The van der Waals surface area contributed by atoms with Crippen molar-refractivity contribution in [2.24, 2.45) is 0 Å². The first kappa shape index (κ1) is 37.3. The predicted molar refractivity (Wildman–Crippen MR) is 275 cm³/mol. The first-order valence-corrected chi connectivity index (χ1v) is 22.6. The van der Waals surface area contributed by atoms with Gasteiger partial charge in [0.05, 0.1) is 22.1 Å². The molecule has 6 heteroatoms. The van der Waals surface area contributed by atoms with Crippen LogP contribution < -0.4 is 0 Å². The second-order valence-electron chi connectivity index (χ2n) is 17.2. The molecule has 14 aromatic rings. The standard InChI is InChI=1S/C61H37N5O/c1-3-14-38(15-4-1)40-26-28-42(29-27-40)59-62-60(44-31-32-48-47-22-10-12-25-54(47)67-55(48)37-44)64-61(63-59)66-53-35-34-52-56(57(53)50-33-30-41-18-7-8-21-46(41)58(50)66)49-23-9-11-24-51(49)65(52)45-20-13-19-43(36-45)39-16-5-2-6-17-39/h1-37H. The molecule has 0 aliphatic heterocycles. The molecular weight excluding hydrogens is 819 g/mol. The summed E-state index contributed by atoms with van der Waals surface area (Å²) in [5.74, 6) is 1.67. The van der Waals surface area contributed by atoms with Gasteiger partial charge in [-0.3, -0.25) is 4.57 Å². The lowest BCUT2D eigenvalue weighted by atomic mass is 10.0. The van der Waals surface area contributed by atoms with Gasteiger partial charge in [0.25, 0.3) is 0 Å². The third kappa shape index (κ3) is 5.86. The van der Waals surface area contributed by atoms with E-state index < -0.39 is 0 Å². The fraction of sp³-hybridized carbons (Fsp3) is 0. The van der Waals surface area contributed by atoms with Crippen LogP contribution in [0.4, 0.5) is 0 Å². The van der Waals surface area contributed by atoms with E-state index in [4.69, 9.17) is 19.4 Å². The summed E-state index contributed by atoms with van der Waals surface area (Å²) >= 11 is 0. The number of furan rings is 1. The first-order chi connectivity index (χ1) is 33.2. The highest BCUT2D eigenvalue weighted by Gasteiger charge is 2.24. The van der Waals surface area contributed by atoms with E-state index in [9.17, 15) is 0 Å². The van der Waals surface area contributed by atoms with Crippen LogP contribution in [0.25, 0.3) is 133 Å². The SMILES string of the molecule is c1ccc(-c2ccc(-c3nc(-c4ccc5c(c4)oc4ccccc45)nc(-n4c5ccc6c(c7ccccc7n6-c6cccc(-c7ccccc7)c6)c5c5ccc6ccccc6c54)n3)cc2)cc1. The van der Waals surface area contributed by atoms with Crippen LogP contribution in [0.5, 0.6) is 0 Å². The Balaban J connectivity index is 1.05. The van der Waals surface area contributed by atoms with E-state index in [0.717, 1.165) is 93.5 Å². The van der Waals surface area contributed by atoms with Crippen molar-refractivity contribution in [3.63, 3.8) is 0 Å². The van der Waals surface area contributed by atoms with Crippen LogP contribution in [0, 0.1) is 0 Å². The Morgan fingerprint density at radius 2 is 0.881 bits per heavy atom. The van der Waals surface area contributed by atoms with E-state index in [2.05, 4.69) is 209 Å². The average molecular weight is 856 g/mol. The second-order valence-corrected chi connectivity index (χ2v) is 17.2. The predicted octanol–water partition coefficient (Wildman–Crippen LogP) is 15.8. The Morgan fingerprint density at radius 3 is 1.69 bits per heavy atom. The Labute approximate surface area is 384 Å². The number of para-hydroxylation sites is 2. The third-order valence-corrected chi connectivity index (χ3v) is 13.4. The molecule has 67 heavy (non-hydrogen) atoms. The fourth-order valence-electron chi connectivity index (χ4n) is 10.3. The highest BCUT2D eigenvalue weighted by atomic mass is 16.3. The van der Waals surface area contributed by atoms with Crippen molar-refractivity contribution in [2.45, 2.75) is 0 Å². The molecule has 6 nitrogen and oxygen atoms in total. The van der Waals surface area contributed by atoms with Gasteiger partial charge < -0.3 is 8.98 Å². The molecule has 14 rings (SSSR count). The molecule has 0 saturated heterocycles. The van der Waals surface area contributed by atoms with Crippen molar-refractivity contribution < 1.29 is 4.42 Å². The summed E-state index contributed by atoms with van der Waals surface area (Å²) < 4.78 is 11.1. The fourth-order valence-corrected chi connectivity index (χ4v) is 10.3. The average Bonchev–Trinajstić information content (AvgIpc) is 4.07. The highest BCUT2D eigenvalue weighted by molar-refractivity contribution is 6.31. The van der Waals surface area contributed by atoms with Crippen LogP contribution in [0.15, 0.2) is 229 Å². The molecule has 0 N–H and O–H groups in total. The summed E-state index contributed by atoms with van der Waals surface area (Å²) in [6, 6.07) is 79.2. The summed E-state index contributed by atoms with van der Waals surface area (Å²) in [6.45, 7) is 0. The van der Waals surface area contributed by atoms with Gasteiger partial charge >= 0.3 is 0 Å². The Hall–Kier alpha value is -9.13. The molecule has 0 aliphatic rings. The number of nitrogens with zero attached hydrogens (tertiary/aromatic N) is 5. The van der Waals surface area contributed by atoms with Gasteiger partial charge in [0.1, 0.15) is 11.2 Å². The van der Waals surface area contributed by atoms with E-state index in [1.807, 2.05) is 24.3 Å². The molecule has 0 atom stereocenters. The van der Waals surface area contributed by atoms with E-state index in [1.165, 1.54) is 21.9 Å². The zero-order valence-electron chi connectivity index (χ0n) is 36.0. The second kappa shape index (κ2) is 14.7. The number of benzene rings is 10. The summed E-state index contributed by atoms with van der Waals surface area (Å²) in [7, 11) is 0. The van der Waals surface area contributed by atoms with Crippen molar-refractivity contribution in [1.82, 2.24) is 24.1 Å². The van der Waals surface area contributed by atoms with Gasteiger partial charge in [0.15, 0.2) is 11.6 Å². The number of aromatic nitrogens is 5. The van der Waals surface area contributed by atoms with Crippen LogP contribution in [-0.2, 0) is 0 Å². The van der Waals surface area contributed by atoms with Gasteiger partial charge in [-0.05, 0) is 76.2 Å². The van der Waals surface area contributed by atoms with Crippen LogP contribution in [0.3, 0.4) is 0 Å². The van der Waals surface area contributed by atoms with Crippen LogP contribution >= 0.6 is 0 Å². The van der Waals surface area contributed by atoms with Crippen molar-refractivity contribution in [2.75, 3.05) is 0 Å². The van der Waals surface area contributed by atoms with Crippen molar-refractivity contribution in [3.8, 4) is 56.7 Å². The van der Waals surface area contributed by atoms with E-state index in [0.29, 0.717) is 17.6 Å². The zero-order chi connectivity index (χ0) is 44.0. The lowest BCUT2D eigenvalue weighted by molar-refractivity contribution is 0.669. The molecule has 10 aromatic carbocycles. The molecule has 4 heterocycles. The number of fused-ring (bicyclic) bond motifs is 12. The smallest absolute Gasteiger partial charge is 0.238 e. The zero-order valence-corrected chi connectivity index (χ0v) is 36.0. The van der Waals surface area contributed by atoms with E-state index in [1.54, 1.807) is 0 Å². The summed E-state index contributed by atoms with van der Waals surface area (Å²) in [6.07, 6.45) is 0. The molecule has 0 unspecified atom stereocenters. The number of hydrogen-bond donors (Lipinski definition) is 0. The monoisotopic (exact) mass is 855 g/mol. The molecule has 312 valence electrons. The minimum absolute atomic E-state index is 0.534. The van der Waals surface area contributed by atoms with Crippen LogP contribution in [-0.4, -0.2) is 24.1 Å². The normalized spacial score (nSPS) is 11.9.